The second-order valence-corrected chi connectivity index (χ2v) is 5.76. The fraction of sp³-hybridized carbons (Fsp3) is 0.278. The molecule has 2 aromatic rings. The average Bonchev–Trinajstić information content (AvgIpc) is 2.49. The predicted octanol–water partition coefficient (Wildman–Crippen LogP) is 3.56. The van der Waals surface area contributed by atoms with E-state index in [0.717, 1.165) is 29.8 Å². The maximum atomic E-state index is 12.9. The van der Waals surface area contributed by atoms with Crippen molar-refractivity contribution in [2.75, 3.05) is 10.6 Å². The van der Waals surface area contributed by atoms with E-state index in [1.807, 2.05) is 48.2 Å². The Kier molecular flexibility index (Phi) is 3.42. The summed E-state index contributed by atoms with van der Waals surface area (Å²) >= 11 is 0. The molecule has 3 heteroatoms. The Morgan fingerprint density at radius 3 is 2.76 bits per heavy atom. The number of carbonyl (C=O) groups is 1. The van der Waals surface area contributed by atoms with Gasteiger partial charge in [-0.15, -0.1) is 0 Å². The molecule has 0 spiro atoms. The number of hydrogen-bond acceptors (Lipinski definition) is 2. The summed E-state index contributed by atoms with van der Waals surface area (Å²) in [6.07, 6.45) is 2.03. The summed E-state index contributed by atoms with van der Waals surface area (Å²) in [6.45, 7) is 4.04. The van der Waals surface area contributed by atoms with Gasteiger partial charge in [-0.3, -0.25) is 4.79 Å². The maximum absolute atomic E-state index is 12.9. The van der Waals surface area contributed by atoms with E-state index in [0.29, 0.717) is 5.56 Å². The average molecular weight is 280 g/mol. The molecule has 1 atom stereocenters. The van der Waals surface area contributed by atoms with Crippen LogP contribution in [0, 0.1) is 6.92 Å². The molecule has 21 heavy (non-hydrogen) atoms. The normalized spacial score (nSPS) is 17.4. The lowest BCUT2D eigenvalue weighted by atomic mass is 9.95. The van der Waals surface area contributed by atoms with Crippen molar-refractivity contribution >= 4 is 17.3 Å². The Morgan fingerprint density at radius 1 is 1.24 bits per heavy atom. The van der Waals surface area contributed by atoms with Crippen LogP contribution in [0.2, 0.25) is 0 Å². The highest BCUT2D eigenvalue weighted by Gasteiger charge is 2.28. The number of hydrogen-bond donors (Lipinski definition) is 1. The van der Waals surface area contributed by atoms with E-state index < -0.39 is 0 Å². The third-order valence-electron chi connectivity index (χ3n) is 4.26. The minimum Gasteiger partial charge on any atom is -0.399 e. The van der Waals surface area contributed by atoms with Gasteiger partial charge in [-0.05, 0) is 62.1 Å². The van der Waals surface area contributed by atoms with Crippen molar-refractivity contribution in [3.63, 3.8) is 0 Å². The highest BCUT2D eigenvalue weighted by molar-refractivity contribution is 6.07. The topological polar surface area (TPSA) is 46.3 Å². The number of amides is 1. The van der Waals surface area contributed by atoms with Gasteiger partial charge in [0.1, 0.15) is 0 Å². The van der Waals surface area contributed by atoms with Crippen LogP contribution < -0.4 is 10.6 Å². The first-order valence-electron chi connectivity index (χ1n) is 7.35. The van der Waals surface area contributed by atoms with Crippen LogP contribution in [0.5, 0.6) is 0 Å². The molecule has 1 aliphatic rings. The summed E-state index contributed by atoms with van der Waals surface area (Å²) in [5.74, 6) is 0.0535. The molecule has 0 fully saturated rings. The van der Waals surface area contributed by atoms with Crippen molar-refractivity contribution in [2.24, 2.45) is 0 Å². The van der Waals surface area contributed by atoms with Crippen LogP contribution in [-0.4, -0.2) is 11.9 Å². The summed E-state index contributed by atoms with van der Waals surface area (Å²) in [4.78, 5) is 14.8. The Labute approximate surface area is 125 Å². The zero-order valence-electron chi connectivity index (χ0n) is 12.5. The van der Waals surface area contributed by atoms with Crippen molar-refractivity contribution in [3.05, 3.63) is 59.2 Å². The van der Waals surface area contributed by atoms with Gasteiger partial charge >= 0.3 is 0 Å². The van der Waals surface area contributed by atoms with E-state index in [1.165, 1.54) is 5.56 Å². The molecule has 1 heterocycles. The number of para-hydroxylation sites is 1. The van der Waals surface area contributed by atoms with Crippen molar-refractivity contribution in [1.29, 1.82) is 0 Å². The van der Waals surface area contributed by atoms with Gasteiger partial charge in [-0.2, -0.15) is 0 Å². The zero-order valence-corrected chi connectivity index (χ0v) is 12.5. The van der Waals surface area contributed by atoms with Gasteiger partial charge < -0.3 is 10.6 Å². The summed E-state index contributed by atoms with van der Waals surface area (Å²) in [5.41, 5.74) is 10.5. The highest BCUT2D eigenvalue weighted by Crippen LogP contribution is 2.32. The van der Waals surface area contributed by atoms with Gasteiger partial charge in [-0.25, -0.2) is 0 Å². The Balaban J connectivity index is 2.02. The van der Waals surface area contributed by atoms with Crippen molar-refractivity contribution in [1.82, 2.24) is 0 Å². The molecule has 2 N–H and O–H groups in total. The fourth-order valence-corrected chi connectivity index (χ4v) is 2.95. The van der Waals surface area contributed by atoms with E-state index in [1.54, 1.807) is 0 Å². The lowest BCUT2D eigenvalue weighted by Gasteiger charge is -2.35. The second-order valence-electron chi connectivity index (χ2n) is 5.76. The zero-order chi connectivity index (χ0) is 15.0. The molecule has 1 aliphatic heterocycles. The number of carbonyl (C=O) groups excluding carboxylic acids is 1. The van der Waals surface area contributed by atoms with Crippen molar-refractivity contribution < 1.29 is 4.79 Å². The van der Waals surface area contributed by atoms with Crippen LogP contribution in [0.1, 0.15) is 34.8 Å². The molecule has 0 saturated heterocycles. The molecule has 1 amide bonds. The quantitative estimate of drug-likeness (QED) is 0.812. The van der Waals surface area contributed by atoms with Gasteiger partial charge in [-0.1, -0.05) is 18.2 Å². The van der Waals surface area contributed by atoms with Crippen LogP contribution in [0.4, 0.5) is 11.4 Å². The molecule has 1 unspecified atom stereocenters. The number of nitrogens with zero attached hydrogens (tertiary/aromatic N) is 1. The molecule has 0 saturated carbocycles. The SMILES string of the molecule is Cc1cc(C(=O)N2c3ccccc3CCC2C)ccc1N. The molecule has 0 aromatic heterocycles. The molecule has 0 aliphatic carbocycles. The molecule has 3 nitrogen and oxygen atoms in total. The second kappa shape index (κ2) is 5.24. The number of nitrogens with two attached hydrogens (primary N) is 1. The summed E-state index contributed by atoms with van der Waals surface area (Å²) in [5, 5.41) is 0. The number of aryl methyl sites for hydroxylation is 2. The third kappa shape index (κ3) is 2.40. The number of fused-ring (bicyclic) bond motifs is 1. The molecular weight excluding hydrogens is 260 g/mol. The largest absolute Gasteiger partial charge is 0.399 e. The number of anilines is 2. The minimum atomic E-state index is 0.0535. The van der Waals surface area contributed by atoms with Crippen LogP contribution in [-0.2, 0) is 6.42 Å². The van der Waals surface area contributed by atoms with Gasteiger partial charge in [0.2, 0.25) is 0 Å². The van der Waals surface area contributed by atoms with Crippen LogP contribution in [0.15, 0.2) is 42.5 Å². The Bertz CT molecular complexity index is 693. The Hall–Kier alpha value is -2.29. The predicted molar refractivity (Wildman–Crippen MR) is 86.6 cm³/mol. The first kappa shape index (κ1) is 13.7. The summed E-state index contributed by atoms with van der Waals surface area (Å²) in [7, 11) is 0. The molecule has 0 bridgehead atoms. The van der Waals surface area contributed by atoms with E-state index in [4.69, 9.17) is 5.73 Å². The first-order valence-corrected chi connectivity index (χ1v) is 7.35. The van der Waals surface area contributed by atoms with E-state index in [9.17, 15) is 4.79 Å². The third-order valence-corrected chi connectivity index (χ3v) is 4.26. The van der Waals surface area contributed by atoms with Crippen LogP contribution in [0.25, 0.3) is 0 Å². The molecular formula is C18H20N2O. The maximum Gasteiger partial charge on any atom is 0.258 e. The highest BCUT2D eigenvalue weighted by atomic mass is 16.2. The summed E-state index contributed by atoms with van der Waals surface area (Å²) in [6, 6.07) is 13.9. The molecule has 0 radical (unpaired) electrons. The lowest BCUT2D eigenvalue weighted by Crippen LogP contribution is -2.42. The van der Waals surface area contributed by atoms with E-state index in [-0.39, 0.29) is 11.9 Å². The number of rotatable bonds is 1. The number of benzene rings is 2. The van der Waals surface area contributed by atoms with Crippen molar-refractivity contribution in [2.45, 2.75) is 32.7 Å². The van der Waals surface area contributed by atoms with Crippen molar-refractivity contribution in [3.8, 4) is 0 Å². The standard InChI is InChI=1S/C18H20N2O/c1-12-11-15(9-10-16(12)19)18(21)20-13(2)7-8-14-5-3-4-6-17(14)20/h3-6,9-11,13H,7-8,19H2,1-2H3. The molecule has 108 valence electrons. The van der Waals surface area contributed by atoms with E-state index in [2.05, 4.69) is 13.0 Å². The van der Waals surface area contributed by atoms with Gasteiger partial charge in [0.25, 0.3) is 5.91 Å². The Morgan fingerprint density at radius 2 is 2.00 bits per heavy atom. The van der Waals surface area contributed by atoms with Crippen LogP contribution in [0.3, 0.4) is 0 Å². The molecule has 3 rings (SSSR count). The minimum absolute atomic E-state index is 0.0535. The smallest absolute Gasteiger partial charge is 0.258 e. The van der Waals surface area contributed by atoms with Gasteiger partial charge in [0.05, 0.1) is 0 Å². The van der Waals surface area contributed by atoms with E-state index >= 15 is 0 Å². The van der Waals surface area contributed by atoms with Gasteiger partial charge in [0, 0.05) is 23.0 Å². The lowest BCUT2D eigenvalue weighted by molar-refractivity contribution is 0.0975. The summed E-state index contributed by atoms with van der Waals surface area (Å²) < 4.78 is 0. The first-order chi connectivity index (χ1) is 10.1. The number of nitrogen functional groups attached to an aromatic ring is 1. The molecule has 2 aromatic carbocycles. The van der Waals surface area contributed by atoms with Crippen LogP contribution >= 0.6 is 0 Å². The van der Waals surface area contributed by atoms with Gasteiger partial charge in [0.15, 0.2) is 0 Å². The fourth-order valence-electron chi connectivity index (χ4n) is 2.95. The monoisotopic (exact) mass is 280 g/mol.